The lowest BCUT2D eigenvalue weighted by atomic mass is 10.2. The number of carbonyl (C=O) groups is 2. The summed E-state index contributed by atoms with van der Waals surface area (Å²) in [5, 5.41) is 2.68. The molecule has 0 aliphatic carbocycles. The predicted octanol–water partition coefficient (Wildman–Crippen LogP) is 4.52. The third-order valence-electron chi connectivity index (χ3n) is 5.16. The second kappa shape index (κ2) is 9.52. The molecule has 0 saturated carbocycles. The smallest absolute Gasteiger partial charge is 0.338 e. The largest absolute Gasteiger partial charge is 0.497 e. The first-order valence-electron chi connectivity index (χ1n) is 10.6. The molecule has 33 heavy (non-hydrogen) atoms. The van der Waals surface area contributed by atoms with E-state index < -0.39 is 18.0 Å². The minimum Gasteiger partial charge on any atom is -0.497 e. The Morgan fingerprint density at radius 1 is 1.09 bits per heavy atom. The first kappa shape index (κ1) is 22.0. The standard InChI is InChI=1S/C25H24N4O4/c1-4-21(24(30)29-22-12-5-15(2)14-26-22)33-25(31)17-8-11-19-20(13-17)28-23(27-19)16-6-9-18(32-3)10-7-16/h5-14,21H,4H2,1-3H3,(H,27,28)(H,26,29,30). The van der Waals surface area contributed by atoms with E-state index in [0.29, 0.717) is 34.7 Å². The van der Waals surface area contributed by atoms with Gasteiger partial charge in [0.25, 0.3) is 5.91 Å². The Morgan fingerprint density at radius 2 is 1.88 bits per heavy atom. The maximum absolute atomic E-state index is 12.7. The molecule has 0 radical (unpaired) electrons. The molecular weight excluding hydrogens is 420 g/mol. The van der Waals surface area contributed by atoms with Crippen molar-refractivity contribution in [1.82, 2.24) is 15.0 Å². The Labute approximate surface area is 191 Å². The van der Waals surface area contributed by atoms with Gasteiger partial charge in [-0.15, -0.1) is 0 Å². The van der Waals surface area contributed by atoms with Gasteiger partial charge in [0.05, 0.1) is 23.7 Å². The summed E-state index contributed by atoms with van der Waals surface area (Å²) in [6, 6.07) is 16.1. The van der Waals surface area contributed by atoms with Crippen molar-refractivity contribution in [2.45, 2.75) is 26.4 Å². The molecule has 2 heterocycles. The lowest BCUT2D eigenvalue weighted by Gasteiger charge is -2.15. The SMILES string of the molecule is CCC(OC(=O)c1ccc2nc(-c3ccc(OC)cc3)[nH]c2c1)C(=O)Nc1ccc(C)cn1. The number of esters is 1. The van der Waals surface area contributed by atoms with Crippen molar-refractivity contribution >= 4 is 28.7 Å². The van der Waals surface area contributed by atoms with Crippen LogP contribution in [-0.2, 0) is 9.53 Å². The van der Waals surface area contributed by atoms with Crippen molar-refractivity contribution in [3.05, 3.63) is 71.9 Å². The van der Waals surface area contributed by atoms with Crippen LogP contribution in [0.4, 0.5) is 5.82 Å². The van der Waals surface area contributed by atoms with E-state index in [2.05, 4.69) is 20.3 Å². The van der Waals surface area contributed by atoms with E-state index in [1.54, 1.807) is 44.5 Å². The summed E-state index contributed by atoms with van der Waals surface area (Å²) in [4.78, 5) is 37.3. The molecule has 0 fully saturated rings. The average molecular weight is 444 g/mol. The molecule has 1 amide bonds. The van der Waals surface area contributed by atoms with Crippen LogP contribution in [0.2, 0.25) is 0 Å². The number of amides is 1. The van der Waals surface area contributed by atoms with Gasteiger partial charge in [-0.25, -0.2) is 14.8 Å². The third kappa shape index (κ3) is 5.01. The van der Waals surface area contributed by atoms with Gasteiger partial charge in [-0.05, 0) is 67.4 Å². The molecule has 1 unspecified atom stereocenters. The highest BCUT2D eigenvalue weighted by molar-refractivity contribution is 5.98. The molecule has 4 rings (SSSR count). The van der Waals surface area contributed by atoms with Crippen LogP contribution < -0.4 is 10.1 Å². The number of rotatable bonds is 7. The fourth-order valence-electron chi connectivity index (χ4n) is 3.29. The van der Waals surface area contributed by atoms with E-state index in [-0.39, 0.29) is 0 Å². The number of fused-ring (bicyclic) bond motifs is 1. The van der Waals surface area contributed by atoms with Crippen molar-refractivity contribution in [2.75, 3.05) is 12.4 Å². The van der Waals surface area contributed by atoms with E-state index in [0.717, 1.165) is 16.9 Å². The Balaban J connectivity index is 1.48. The molecule has 0 spiro atoms. The monoisotopic (exact) mass is 444 g/mol. The number of aromatic nitrogens is 3. The molecule has 8 heteroatoms. The summed E-state index contributed by atoms with van der Waals surface area (Å²) in [7, 11) is 1.61. The molecule has 4 aromatic rings. The van der Waals surface area contributed by atoms with Gasteiger partial charge in [0.2, 0.25) is 0 Å². The molecule has 0 aliphatic heterocycles. The van der Waals surface area contributed by atoms with Crippen LogP contribution in [0, 0.1) is 6.92 Å². The third-order valence-corrected chi connectivity index (χ3v) is 5.16. The van der Waals surface area contributed by atoms with Gasteiger partial charge in [-0.1, -0.05) is 13.0 Å². The molecule has 1 atom stereocenters. The number of aromatic amines is 1. The Morgan fingerprint density at radius 3 is 2.55 bits per heavy atom. The lowest BCUT2D eigenvalue weighted by Crippen LogP contribution is -2.32. The van der Waals surface area contributed by atoms with Crippen molar-refractivity contribution in [2.24, 2.45) is 0 Å². The van der Waals surface area contributed by atoms with Crippen LogP contribution >= 0.6 is 0 Å². The first-order valence-corrected chi connectivity index (χ1v) is 10.6. The predicted molar refractivity (Wildman–Crippen MR) is 125 cm³/mol. The second-order valence-electron chi connectivity index (χ2n) is 7.56. The minimum atomic E-state index is -0.937. The number of carbonyl (C=O) groups excluding carboxylic acids is 2. The van der Waals surface area contributed by atoms with Crippen molar-refractivity contribution in [1.29, 1.82) is 0 Å². The van der Waals surface area contributed by atoms with Gasteiger partial charge in [0.1, 0.15) is 17.4 Å². The highest BCUT2D eigenvalue weighted by Gasteiger charge is 2.23. The fourth-order valence-corrected chi connectivity index (χ4v) is 3.29. The van der Waals surface area contributed by atoms with Gasteiger partial charge in [0.15, 0.2) is 6.10 Å². The van der Waals surface area contributed by atoms with Gasteiger partial charge >= 0.3 is 5.97 Å². The molecule has 8 nitrogen and oxygen atoms in total. The van der Waals surface area contributed by atoms with Gasteiger partial charge in [-0.3, -0.25) is 4.79 Å². The van der Waals surface area contributed by atoms with Crippen LogP contribution in [0.25, 0.3) is 22.4 Å². The number of nitrogens with zero attached hydrogens (tertiary/aromatic N) is 2. The van der Waals surface area contributed by atoms with Gasteiger partial charge in [0, 0.05) is 11.8 Å². The quantitative estimate of drug-likeness (QED) is 0.406. The van der Waals surface area contributed by atoms with Crippen LogP contribution in [0.3, 0.4) is 0 Å². The molecular formula is C25H24N4O4. The summed E-state index contributed by atoms with van der Waals surface area (Å²) >= 11 is 0. The maximum Gasteiger partial charge on any atom is 0.338 e. The Kier molecular flexibility index (Phi) is 6.35. The number of benzene rings is 2. The van der Waals surface area contributed by atoms with E-state index in [9.17, 15) is 9.59 Å². The maximum atomic E-state index is 12.7. The number of aryl methyl sites for hydroxylation is 1. The summed E-state index contributed by atoms with van der Waals surface area (Å²) < 4.78 is 10.7. The summed E-state index contributed by atoms with van der Waals surface area (Å²) in [5.41, 5.74) is 3.61. The summed E-state index contributed by atoms with van der Waals surface area (Å²) in [6.45, 7) is 3.69. The van der Waals surface area contributed by atoms with Crippen LogP contribution in [0.5, 0.6) is 5.75 Å². The number of hydrogen-bond donors (Lipinski definition) is 2. The van der Waals surface area contributed by atoms with Crippen molar-refractivity contribution < 1.29 is 19.1 Å². The summed E-state index contributed by atoms with van der Waals surface area (Å²) in [6.07, 6.45) is 1.05. The van der Waals surface area contributed by atoms with Crippen molar-refractivity contribution in [3.8, 4) is 17.1 Å². The Bertz CT molecular complexity index is 1280. The van der Waals surface area contributed by atoms with Crippen LogP contribution in [-0.4, -0.2) is 40.0 Å². The van der Waals surface area contributed by atoms with Crippen LogP contribution in [0.15, 0.2) is 60.8 Å². The topological polar surface area (TPSA) is 106 Å². The number of nitrogens with one attached hydrogen (secondary N) is 2. The fraction of sp³-hybridized carbons (Fsp3) is 0.200. The molecule has 168 valence electrons. The first-order chi connectivity index (χ1) is 16.0. The molecule has 0 saturated heterocycles. The number of hydrogen-bond acceptors (Lipinski definition) is 6. The molecule has 0 bridgehead atoms. The van der Waals surface area contributed by atoms with E-state index in [1.807, 2.05) is 37.3 Å². The lowest BCUT2D eigenvalue weighted by molar-refractivity contribution is -0.124. The normalized spacial score (nSPS) is 11.7. The van der Waals surface area contributed by atoms with E-state index >= 15 is 0 Å². The van der Waals surface area contributed by atoms with Crippen molar-refractivity contribution in [3.63, 3.8) is 0 Å². The van der Waals surface area contributed by atoms with Gasteiger partial charge < -0.3 is 19.8 Å². The number of methoxy groups -OCH3 is 1. The molecule has 2 N–H and O–H groups in total. The Hall–Kier alpha value is -4.20. The zero-order valence-electron chi connectivity index (χ0n) is 18.6. The number of imidazole rings is 1. The zero-order chi connectivity index (χ0) is 23.4. The highest BCUT2D eigenvalue weighted by atomic mass is 16.5. The molecule has 2 aromatic heterocycles. The van der Waals surface area contributed by atoms with E-state index in [1.165, 1.54) is 0 Å². The highest BCUT2D eigenvalue weighted by Crippen LogP contribution is 2.24. The van der Waals surface area contributed by atoms with E-state index in [4.69, 9.17) is 9.47 Å². The summed E-state index contributed by atoms with van der Waals surface area (Å²) in [5.74, 6) is 0.829. The molecule has 0 aliphatic rings. The zero-order valence-corrected chi connectivity index (χ0v) is 18.6. The second-order valence-corrected chi connectivity index (χ2v) is 7.56. The molecule has 2 aromatic carbocycles. The van der Waals surface area contributed by atoms with Gasteiger partial charge in [-0.2, -0.15) is 0 Å². The number of H-pyrrole nitrogens is 1. The number of ether oxygens (including phenoxy) is 2. The average Bonchev–Trinajstić information content (AvgIpc) is 3.27. The van der Waals surface area contributed by atoms with Crippen LogP contribution in [0.1, 0.15) is 29.3 Å². The number of pyridine rings is 1. The number of anilines is 1. The minimum absolute atomic E-state index is 0.326.